The third-order valence-electron chi connectivity index (χ3n) is 1.82. The molecule has 0 fully saturated rings. The Balaban J connectivity index is 2.91. The zero-order valence-electron chi connectivity index (χ0n) is 6.57. The fourth-order valence-electron chi connectivity index (χ4n) is 1.20. The maximum Gasteiger partial charge on any atom is 0.192 e. The number of fused-ring (bicyclic) bond motifs is 1. The minimum absolute atomic E-state index is 0.817. The van der Waals surface area contributed by atoms with Gasteiger partial charge in [0.25, 0.3) is 0 Å². The van der Waals surface area contributed by atoms with Crippen LogP contribution in [0.1, 0.15) is 5.56 Å². The van der Waals surface area contributed by atoms with E-state index in [0.717, 1.165) is 16.6 Å². The fourth-order valence-corrected chi connectivity index (χ4v) is 1.20. The lowest BCUT2D eigenvalue weighted by molar-refractivity contribution is 1.10. The highest BCUT2D eigenvalue weighted by atomic mass is 15.0. The molecular formula is C9H6N3. The van der Waals surface area contributed by atoms with Gasteiger partial charge in [0, 0.05) is 0 Å². The third-order valence-corrected chi connectivity index (χ3v) is 1.82. The monoisotopic (exact) mass is 156 g/mol. The van der Waals surface area contributed by atoms with Crippen molar-refractivity contribution in [3.63, 3.8) is 0 Å². The van der Waals surface area contributed by atoms with Crippen LogP contribution in [0.2, 0.25) is 0 Å². The first kappa shape index (κ1) is 6.86. The van der Waals surface area contributed by atoms with Gasteiger partial charge in [-0.1, -0.05) is 12.1 Å². The van der Waals surface area contributed by atoms with E-state index in [4.69, 9.17) is 5.26 Å². The highest BCUT2D eigenvalue weighted by molar-refractivity contribution is 5.79. The summed E-state index contributed by atoms with van der Waals surface area (Å²) < 4.78 is 1.34. The van der Waals surface area contributed by atoms with Gasteiger partial charge in [-0.05, 0) is 18.6 Å². The summed E-state index contributed by atoms with van der Waals surface area (Å²) in [7, 11) is 0. The highest BCUT2D eigenvalue weighted by Gasteiger charge is 2.02. The number of imidazole rings is 1. The molecule has 12 heavy (non-hydrogen) atoms. The molecule has 0 aliphatic rings. The molecule has 2 aromatic rings. The minimum atomic E-state index is 0.817. The standard InChI is InChI=1S/C9H6N3/c1-7-3-2-4-8-9(7)11-6-12(8)5-10/h2-4H,1H3. The van der Waals surface area contributed by atoms with Crippen molar-refractivity contribution in [2.24, 2.45) is 0 Å². The van der Waals surface area contributed by atoms with E-state index in [-0.39, 0.29) is 0 Å². The molecule has 0 unspecified atom stereocenters. The van der Waals surface area contributed by atoms with Crippen molar-refractivity contribution in [3.05, 3.63) is 30.1 Å². The van der Waals surface area contributed by atoms with Crippen molar-refractivity contribution in [1.82, 2.24) is 9.55 Å². The molecule has 0 atom stereocenters. The van der Waals surface area contributed by atoms with Gasteiger partial charge in [0.2, 0.25) is 0 Å². The first-order valence-electron chi connectivity index (χ1n) is 3.59. The van der Waals surface area contributed by atoms with E-state index >= 15 is 0 Å². The molecule has 1 radical (unpaired) electrons. The van der Waals surface area contributed by atoms with E-state index in [1.807, 2.05) is 31.3 Å². The van der Waals surface area contributed by atoms with E-state index in [0.29, 0.717) is 0 Å². The number of para-hydroxylation sites is 1. The van der Waals surface area contributed by atoms with Gasteiger partial charge in [-0.3, -0.25) is 0 Å². The second kappa shape index (κ2) is 2.35. The van der Waals surface area contributed by atoms with Gasteiger partial charge in [-0.15, -0.1) is 0 Å². The predicted octanol–water partition coefficient (Wildman–Crippen LogP) is 1.47. The molecule has 0 spiro atoms. The quantitative estimate of drug-likeness (QED) is 0.579. The molecule has 0 saturated heterocycles. The maximum atomic E-state index is 8.66. The van der Waals surface area contributed by atoms with Crippen LogP contribution in [0.15, 0.2) is 18.2 Å². The first-order valence-corrected chi connectivity index (χ1v) is 3.59. The van der Waals surface area contributed by atoms with E-state index < -0.39 is 0 Å². The van der Waals surface area contributed by atoms with Gasteiger partial charge in [0.05, 0.1) is 11.0 Å². The van der Waals surface area contributed by atoms with Crippen LogP contribution in [0.25, 0.3) is 11.0 Å². The second-order valence-electron chi connectivity index (χ2n) is 2.59. The van der Waals surface area contributed by atoms with Gasteiger partial charge >= 0.3 is 0 Å². The largest absolute Gasteiger partial charge is 0.225 e. The zero-order valence-corrected chi connectivity index (χ0v) is 6.57. The number of aryl methyl sites for hydroxylation is 1. The summed E-state index contributed by atoms with van der Waals surface area (Å²) in [6.45, 7) is 1.96. The Labute approximate surface area is 69.9 Å². The molecule has 0 bridgehead atoms. The zero-order chi connectivity index (χ0) is 8.55. The molecule has 0 aliphatic carbocycles. The summed E-state index contributed by atoms with van der Waals surface area (Å²) >= 11 is 0. The molecule has 0 aliphatic heterocycles. The van der Waals surface area contributed by atoms with E-state index in [1.165, 1.54) is 4.57 Å². The Bertz CT molecular complexity index is 462. The molecule has 2 rings (SSSR count). The van der Waals surface area contributed by atoms with Crippen LogP contribution in [-0.2, 0) is 0 Å². The SMILES string of the molecule is Cc1cccc2c1n[c]n2C#N. The molecule has 0 amide bonds. The molecule has 0 N–H and O–H groups in total. The van der Waals surface area contributed by atoms with Gasteiger partial charge in [0.1, 0.15) is 0 Å². The van der Waals surface area contributed by atoms with Crippen LogP contribution in [0.4, 0.5) is 0 Å². The summed E-state index contributed by atoms with van der Waals surface area (Å²) in [5, 5.41) is 8.66. The smallest absolute Gasteiger partial charge is 0.192 e. The lowest BCUT2D eigenvalue weighted by Gasteiger charge is -1.92. The fraction of sp³-hybridized carbons (Fsp3) is 0.111. The predicted molar refractivity (Wildman–Crippen MR) is 44.3 cm³/mol. The molecule has 1 aromatic carbocycles. The highest BCUT2D eigenvalue weighted by Crippen LogP contribution is 2.14. The summed E-state index contributed by atoms with van der Waals surface area (Å²) in [6.07, 6.45) is 4.59. The Morgan fingerprint density at radius 3 is 3.17 bits per heavy atom. The van der Waals surface area contributed by atoms with Gasteiger partial charge in [0.15, 0.2) is 12.5 Å². The van der Waals surface area contributed by atoms with Crippen molar-refractivity contribution < 1.29 is 0 Å². The van der Waals surface area contributed by atoms with Crippen LogP contribution in [0, 0.1) is 24.7 Å². The van der Waals surface area contributed by atoms with Crippen molar-refractivity contribution in [2.75, 3.05) is 0 Å². The average Bonchev–Trinajstić information content (AvgIpc) is 2.49. The maximum absolute atomic E-state index is 8.66. The lowest BCUT2D eigenvalue weighted by atomic mass is 10.2. The number of hydrogen-bond acceptors (Lipinski definition) is 2. The second-order valence-corrected chi connectivity index (χ2v) is 2.59. The molecule has 0 saturated carbocycles. The number of nitriles is 1. The normalized spacial score (nSPS) is 10.0. The summed E-state index contributed by atoms with van der Waals surface area (Å²) in [4.78, 5) is 4.00. The molecular weight excluding hydrogens is 150 g/mol. The van der Waals surface area contributed by atoms with Gasteiger partial charge in [-0.25, -0.2) is 9.55 Å². The van der Waals surface area contributed by atoms with Crippen LogP contribution < -0.4 is 0 Å². The molecule has 57 valence electrons. The van der Waals surface area contributed by atoms with Crippen LogP contribution in [-0.4, -0.2) is 9.55 Å². The minimum Gasteiger partial charge on any atom is -0.225 e. The van der Waals surface area contributed by atoms with E-state index in [2.05, 4.69) is 11.3 Å². The van der Waals surface area contributed by atoms with Crippen molar-refractivity contribution in [3.8, 4) is 6.19 Å². The van der Waals surface area contributed by atoms with Crippen LogP contribution in [0.5, 0.6) is 0 Å². The summed E-state index contributed by atoms with van der Waals surface area (Å²) in [5.74, 6) is 0. The van der Waals surface area contributed by atoms with E-state index in [9.17, 15) is 0 Å². The summed E-state index contributed by atoms with van der Waals surface area (Å²) in [6, 6.07) is 5.72. The Morgan fingerprint density at radius 2 is 2.42 bits per heavy atom. The molecule has 1 aromatic heterocycles. The van der Waals surface area contributed by atoms with Crippen LogP contribution in [0.3, 0.4) is 0 Å². The Morgan fingerprint density at radius 1 is 1.58 bits per heavy atom. The molecule has 1 heterocycles. The van der Waals surface area contributed by atoms with Gasteiger partial charge in [-0.2, -0.15) is 5.26 Å². The Kier molecular flexibility index (Phi) is 1.34. The van der Waals surface area contributed by atoms with Gasteiger partial charge < -0.3 is 0 Å². The molecule has 3 heteroatoms. The van der Waals surface area contributed by atoms with Crippen molar-refractivity contribution >= 4 is 11.0 Å². The summed E-state index contributed by atoms with van der Waals surface area (Å²) in [5.41, 5.74) is 2.73. The van der Waals surface area contributed by atoms with Crippen molar-refractivity contribution in [2.45, 2.75) is 6.92 Å². The number of rotatable bonds is 0. The lowest BCUT2D eigenvalue weighted by Crippen LogP contribution is -1.84. The topological polar surface area (TPSA) is 41.6 Å². The number of nitrogens with zero attached hydrogens (tertiary/aromatic N) is 3. The Hall–Kier alpha value is -1.82. The van der Waals surface area contributed by atoms with Crippen molar-refractivity contribution in [1.29, 1.82) is 5.26 Å². The average molecular weight is 156 g/mol. The molecule has 3 nitrogen and oxygen atoms in total. The van der Waals surface area contributed by atoms with Crippen LogP contribution >= 0.6 is 0 Å². The first-order chi connectivity index (χ1) is 5.83. The number of aromatic nitrogens is 2. The number of benzene rings is 1. The number of hydrogen-bond donors (Lipinski definition) is 0. The third kappa shape index (κ3) is 0.785. The van der Waals surface area contributed by atoms with E-state index in [1.54, 1.807) is 0 Å².